The van der Waals surface area contributed by atoms with Gasteiger partial charge in [-0.2, -0.15) is 0 Å². The molecule has 4 nitrogen and oxygen atoms in total. The predicted molar refractivity (Wildman–Crippen MR) is 37.7 cm³/mol. The first-order valence-corrected chi connectivity index (χ1v) is 3.16. The average Bonchev–Trinajstić information content (AvgIpc) is 2.70. The summed E-state index contributed by atoms with van der Waals surface area (Å²) in [5.74, 6) is -0.935. The molecule has 0 aromatic carbocycles. The molecule has 1 atom stereocenters. The summed E-state index contributed by atoms with van der Waals surface area (Å²) in [5.41, 5.74) is 0.176. The third kappa shape index (κ3) is 7.02. The highest BCUT2D eigenvalue weighted by Crippen LogP contribution is 2.05. The number of ether oxygens (including phenoxy) is 1. The van der Waals surface area contributed by atoms with E-state index in [0.717, 1.165) is 0 Å². The van der Waals surface area contributed by atoms with Crippen molar-refractivity contribution in [2.75, 3.05) is 13.2 Å². The van der Waals surface area contributed by atoms with Crippen molar-refractivity contribution in [1.29, 1.82) is 0 Å². The number of hydrogen-bond acceptors (Lipinski definition) is 2. The summed E-state index contributed by atoms with van der Waals surface area (Å²) in [5, 5.41) is 17.5. The topological polar surface area (TPSA) is 69.7 Å². The van der Waals surface area contributed by atoms with Gasteiger partial charge in [-0.3, -0.25) is 0 Å². The molecule has 0 aromatic heterocycles. The Labute approximate surface area is 65.1 Å². The van der Waals surface area contributed by atoms with E-state index in [0.29, 0.717) is 6.61 Å². The van der Waals surface area contributed by atoms with Crippen molar-refractivity contribution in [1.82, 2.24) is 0 Å². The van der Waals surface area contributed by atoms with Crippen LogP contribution in [0.4, 0.5) is 0 Å². The third-order valence-corrected chi connectivity index (χ3v) is 0.953. The Hall–Kier alpha value is -0.870. The van der Waals surface area contributed by atoms with Crippen molar-refractivity contribution in [3.05, 3.63) is 12.2 Å². The Bertz CT molecular complexity index is 137. The summed E-state index contributed by atoms with van der Waals surface area (Å²) in [4.78, 5) is 9.60. The zero-order valence-electron chi connectivity index (χ0n) is 6.37. The molecule has 0 saturated carbocycles. The highest BCUT2D eigenvalue weighted by atomic mass is 16.6. The largest absolute Gasteiger partial charge is 0.478 e. The molecule has 1 rings (SSSR count). The first kappa shape index (κ1) is 10.1. The van der Waals surface area contributed by atoms with Gasteiger partial charge in [0.2, 0.25) is 0 Å². The Morgan fingerprint density at radius 3 is 2.18 bits per heavy atom. The monoisotopic (exact) mass is 159 g/mol. The summed E-state index contributed by atoms with van der Waals surface area (Å²) < 4.78 is 4.55. The minimum Gasteiger partial charge on any atom is -0.478 e. The normalized spacial score (nSPS) is 19.6. The third-order valence-electron chi connectivity index (χ3n) is 0.953. The van der Waals surface area contributed by atoms with Gasteiger partial charge in [-0.1, -0.05) is 6.58 Å². The van der Waals surface area contributed by atoms with Gasteiger partial charge in [0.15, 0.2) is 0 Å². The van der Waals surface area contributed by atoms with Gasteiger partial charge in [0.05, 0.1) is 6.61 Å². The molecule has 63 valence electrons. The van der Waals surface area contributed by atoms with Crippen LogP contribution in [-0.4, -0.2) is 30.4 Å². The van der Waals surface area contributed by atoms with Gasteiger partial charge in [0.25, 0.3) is 0 Å². The molecule has 1 saturated heterocycles. The number of rotatable bonds is 2. The molecule has 0 aromatic rings. The lowest BCUT2D eigenvalue weighted by Crippen LogP contribution is -1.92. The van der Waals surface area contributed by atoms with Crippen molar-refractivity contribution in [3.8, 4) is 0 Å². The smallest absolute Gasteiger partial charge is 0.330 e. The first-order valence-electron chi connectivity index (χ1n) is 3.16. The summed E-state index contributed by atoms with van der Waals surface area (Å²) in [6, 6.07) is 0. The van der Waals surface area contributed by atoms with E-state index in [9.17, 15) is 9.90 Å². The fourth-order valence-electron chi connectivity index (χ4n) is 0.164. The summed E-state index contributed by atoms with van der Waals surface area (Å²) in [7, 11) is 0. The molecule has 0 bridgehead atoms. The van der Waals surface area contributed by atoms with Gasteiger partial charge in [0, 0.05) is 5.57 Å². The van der Waals surface area contributed by atoms with Gasteiger partial charge in [-0.05, 0) is 6.92 Å². The zero-order valence-corrected chi connectivity index (χ0v) is 6.37. The van der Waals surface area contributed by atoms with Gasteiger partial charge in [-0.25, -0.2) is 9.90 Å². The Balaban J connectivity index is 0.000000183. The van der Waals surface area contributed by atoms with Crippen molar-refractivity contribution >= 4 is 5.97 Å². The maximum absolute atomic E-state index is 9.60. The van der Waals surface area contributed by atoms with E-state index >= 15 is 0 Å². The molecule has 1 aliphatic heterocycles. The molecule has 1 aliphatic rings. The van der Waals surface area contributed by atoms with Gasteiger partial charge in [0.1, 0.15) is 12.7 Å². The van der Waals surface area contributed by atoms with E-state index in [1.807, 2.05) is 0 Å². The molecular formula is C7H11O4. The molecule has 1 N–H and O–H groups in total. The second-order valence-corrected chi connectivity index (χ2v) is 2.21. The van der Waals surface area contributed by atoms with Crippen LogP contribution in [0.2, 0.25) is 0 Å². The maximum Gasteiger partial charge on any atom is 0.330 e. The Kier molecular flexibility index (Phi) is 4.49. The van der Waals surface area contributed by atoms with Crippen LogP contribution in [0.1, 0.15) is 6.92 Å². The van der Waals surface area contributed by atoms with Gasteiger partial charge >= 0.3 is 5.97 Å². The zero-order chi connectivity index (χ0) is 8.85. The number of carboxylic acids is 1. The Morgan fingerprint density at radius 2 is 2.18 bits per heavy atom. The van der Waals surface area contributed by atoms with Gasteiger partial charge < -0.3 is 9.84 Å². The molecule has 0 spiro atoms. The SMILES string of the molecule is C=C(C)C(=O)O.[O]CC1CO1. The fourth-order valence-corrected chi connectivity index (χ4v) is 0.164. The number of epoxide rings is 1. The van der Waals surface area contributed by atoms with Crippen LogP contribution in [-0.2, 0) is 14.6 Å². The number of aliphatic carboxylic acids is 1. The van der Waals surface area contributed by atoms with Crippen molar-refractivity contribution in [3.63, 3.8) is 0 Å². The fraction of sp³-hybridized carbons (Fsp3) is 0.571. The van der Waals surface area contributed by atoms with E-state index in [1.165, 1.54) is 6.92 Å². The van der Waals surface area contributed by atoms with Crippen LogP contribution in [0.3, 0.4) is 0 Å². The van der Waals surface area contributed by atoms with Crippen LogP contribution in [0, 0.1) is 0 Å². The number of carbonyl (C=O) groups is 1. The van der Waals surface area contributed by atoms with E-state index in [2.05, 4.69) is 11.3 Å². The highest BCUT2D eigenvalue weighted by molar-refractivity contribution is 5.84. The first-order chi connectivity index (χ1) is 5.07. The van der Waals surface area contributed by atoms with Crippen LogP contribution in [0.5, 0.6) is 0 Å². The minimum atomic E-state index is -0.935. The van der Waals surface area contributed by atoms with Crippen LogP contribution < -0.4 is 0 Å². The number of hydrogen-bond donors (Lipinski definition) is 1. The van der Waals surface area contributed by atoms with E-state index in [4.69, 9.17) is 5.11 Å². The lowest BCUT2D eigenvalue weighted by molar-refractivity contribution is -0.132. The minimum absolute atomic E-state index is 0.0556. The maximum atomic E-state index is 9.60. The summed E-state index contributed by atoms with van der Waals surface area (Å²) in [6.07, 6.45) is 0.0787. The molecule has 1 fully saturated rings. The second kappa shape index (κ2) is 4.87. The number of carboxylic acid groups (broad SMARTS) is 1. The van der Waals surface area contributed by atoms with Crippen LogP contribution >= 0.6 is 0 Å². The summed E-state index contributed by atoms with van der Waals surface area (Å²) >= 11 is 0. The van der Waals surface area contributed by atoms with E-state index in [1.54, 1.807) is 0 Å². The van der Waals surface area contributed by atoms with Crippen molar-refractivity contribution in [2.45, 2.75) is 13.0 Å². The molecule has 1 unspecified atom stereocenters. The molecule has 11 heavy (non-hydrogen) atoms. The second-order valence-electron chi connectivity index (χ2n) is 2.21. The lowest BCUT2D eigenvalue weighted by atomic mass is 10.4. The standard InChI is InChI=1S/C4H6O2.C3H5O2/c1-3(2)4(5)6;4-1-3-2-5-3/h1H2,2H3,(H,5,6);3H,1-2H2. The van der Waals surface area contributed by atoms with E-state index in [-0.39, 0.29) is 18.3 Å². The lowest BCUT2D eigenvalue weighted by Gasteiger charge is -1.79. The quantitative estimate of drug-likeness (QED) is 0.470. The van der Waals surface area contributed by atoms with Crippen molar-refractivity contribution in [2.24, 2.45) is 0 Å². The molecular weight excluding hydrogens is 148 g/mol. The van der Waals surface area contributed by atoms with Gasteiger partial charge in [-0.15, -0.1) is 0 Å². The predicted octanol–water partition coefficient (Wildman–Crippen LogP) is 0.463. The molecule has 1 radical (unpaired) electrons. The average molecular weight is 159 g/mol. The molecule has 1 heterocycles. The molecule has 4 heteroatoms. The molecule has 0 aliphatic carbocycles. The van der Waals surface area contributed by atoms with Crippen molar-refractivity contribution < 1.29 is 19.7 Å². The summed E-state index contributed by atoms with van der Waals surface area (Å²) in [6.45, 7) is 5.24. The highest BCUT2D eigenvalue weighted by Gasteiger charge is 2.20. The Morgan fingerprint density at radius 1 is 1.82 bits per heavy atom. The molecule has 0 amide bonds. The van der Waals surface area contributed by atoms with E-state index < -0.39 is 5.97 Å². The van der Waals surface area contributed by atoms with Crippen LogP contribution in [0.15, 0.2) is 12.2 Å². The van der Waals surface area contributed by atoms with Crippen LogP contribution in [0.25, 0.3) is 0 Å².